The van der Waals surface area contributed by atoms with E-state index in [0.717, 1.165) is 16.7 Å². The summed E-state index contributed by atoms with van der Waals surface area (Å²) >= 11 is 0. The number of aryl methyl sites for hydroxylation is 2. The molecule has 0 aliphatic carbocycles. The van der Waals surface area contributed by atoms with Gasteiger partial charge in [-0.2, -0.15) is 5.10 Å². The van der Waals surface area contributed by atoms with Gasteiger partial charge in [-0.25, -0.2) is 0 Å². The molecule has 0 spiro atoms. The monoisotopic (exact) mass is 363 g/mol. The van der Waals surface area contributed by atoms with E-state index in [-0.39, 0.29) is 12.5 Å². The molecule has 2 aromatic carbocycles. The minimum absolute atomic E-state index is 0.203. The van der Waals surface area contributed by atoms with Gasteiger partial charge in [0, 0.05) is 18.3 Å². The lowest BCUT2D eigenvalue weighted by Gasteiger charge is -2.08. The molecule has 0 fully saturated rings. The van der Waals surface area contributed by atoms with Crippen molar-refractivity contribution in [3.8, 4) is 11.3 Å². The smallest absolute Gasteiger partial charge is 0.255 e. The van der Waals surface area contributed by atoms with Crippen LogP contribution in [0.4, 0.5) is 0 Å². The zero-order chi connectivity index (χ0) is 19.4. The standard InChI is InChI=1S/C22H25N3O2/c1-15-9-10-19(11-16(15)2)21-20(22(27)23-12-17(3)26)14-25(24-21)13-18-7-5-4-6-8-18/h4-11,14,17,26H,12-13H2,1-3H3,(H,23,27). The van der Waals surface area contributed by atoms with Gasteiger partial charge in [0.2, 0.25) is 0 Å². The lowest BCUT2D eigenvalue weighted by Crippen LogP contribution is -2.30. The summed E-state index contributed by atoms with van der Waals surface area (Å²) in [5.74, 6) is -0.233. The molecular weight excluding hydrogens is 338 g/mol. The lowest BCUT2D eigenvalue weighted by molar-refractivity contribution is 0.0924. The maximum absolute atomic E-state index is 12.7. The van der Waals surface area contributed by atoms with E-state index in [1.54, 1.807) is 17.8 Å². The van der Waals surface area contributed by atoms with Gasteiger partial charge in [-0.3, -0.25) is 9.48 Å². The van der Waals surface area contributed by atoms with E-state index in [2.05, 4.69) is 23.4 Å². The highest BCUT2D eigenvalue weighted by Crippen LogP contribution is 2.25. The van der Waals surface area contributed by atoms with E-state index in [0.29, 0.717) is 17.8 Å². The maximum Gasteiger partial charge on any atom is 0.255 e. The minimum Gasteiger partial charge on any atom is -0.392 e. The summed E-state index contributed by atoms with van der Waals surface area (Å²) < 4.78 is 1.79. The van der Waals surface area contributed by atoms with Gasteiger partial charge in [0.15, 0.2) is 0 Å². The average Bonchev–Trinajstić information content (AvgIpc) is 3.06. The van der Waals surface area contributed by atoms with Crippen molar-refractivity contribution in [3.05, 3.63) is 77.0 Å². The van der Waals surface area contributed by atoms with Crippen LogP contribution in [-0.2, 0) is 6.54 Å². The van der Waals surface area contributed by atoms with Crippen molar-refractivity contribution in [2.24, 2.45) is 0 Å². The van der Waals surface area contributed by atoms with Crippen LogP contribution in [0, 0.1) is 13.8 Å². The summed E-state index contributed by atoms with van der Waals surface area (Å²) in [4.78, 5) is 12.7. The molecule has 0 aliphatic heterocycles. The van der Waals surface area contributed by atoms with Crippen LogP contribution >= 0.6 is 0 Å². The van der Waals surface area contributed by atoms with E-state index in [9.17, 15) is 9.90 Å². The first kappa shape index (κ1) is 18.9. The lowest BCUT2D eigenvalue weighted by atomic mass is 10.0. The van der Waals surface area contributed by atoms with Crippen molar-refractivity contribution in [3.63, 3.8) is 0 Å². The quantitative estimate of drug-likeness (QED) is 0.706. The fraction of sp³-hybridized carbons (Fsp3) is 0.273. The molecule has 5 heteroatoms. The van der Waals surface area contributed by atoms with Crippen molar-refractivity contribution in [1.82, 2.24) is 15.1 Å². The largest absolute Gasteiger partial charge is 0.392 e. The Morgan fingerprint density at radius 1 is 1.15 bits per heavy atom. The molecule has 0 radical (unpaired) electrons. The van der Waals surface area contributed by atoms with Crippen molar-refractivity contribution < 1.29 is 9.90 Å². The predicted octanol–water partition coefficient (Wildman–Crippen LogP) is 3.33. The molecule has 0 saturated carbocycles. The van der Waals surface area contributed by atoms with E-state index in [1.807, 2.05) is 49.4 Å². The second-order valence-corrected chi connectivity index (χ2v) is 6.93. The highest BCUT2D eigenvalue weighted by molar-refractivity contribution is 5.99. The summed E-state index contributed by atoms with van der Waals surface area (Å²) in [5.41, 5.74) is 5.53. The normalized spacial score (nSPS) is 12.0. The number of aliphatic hydroxyl groups is 1. The van der Waals surface area contributed by atoms with E-state index in [1.165, 1.54) is 5.56 Å². The van der Waals surface area contributed by atoms with Crippen LogP contribution < -0.4 is 5.32 Å². The number of nitrogens with one attached hydrogen (secondary N) is 1. The molecule has 0 saturated heterocycles. The summed E-state index contributed by atoms with van der Waals surface area (Å²) in [6.07, 6.45) is 1.17. The van der Waals surface area contributed by atoms with Gasteiger partial charge < -0.3 is 10.4 Å². The molecule has 0 aliphatic rings. The van der Waals surface area contributed by atoms with E-state index >= 15 is 0 Å². The SMILES string of the molecule is Cc1ccc(-c2nn(Cc3ccccc3)cc2C(=O)NCC(C)O)cc1C. The van der Waals surface area contributed by atoms with Gasteiger partial charge >= 0.3 is 0 Å². The third-order valence-electron chi connectivity index (χ3n) is 4.53. The number of amides is 1. The number of hydrogen-bond donors (Lipinski definition) is 2. The highest BCUT2D eigenvalue weighted by Gasteiger charge is 2.18. The summed E-state index contributed by atoms with van der Waals surface area (Å²) in [6.45, 7) is 6.54. The van der Waals surface area contributed by atoms with Gasteiger partial charge in [-0.05, 0) is 43.5 Å². The minimum atomic E-state index is -0.599. The van der Waals surface area contributed by atoms with E-state index in [4.69, 9.17) is 0 Å². The van der Waals surface area contributed by atoms with Gasteiger partial charge in [-0.1, -0.05) is 42.5 Å². The van der Waals surface area contributed by atoms with Crippen molar-refractivity contribution in [2.45, 2.75) is 33.4 Å². The van der Waals surface area contributed by atoms with Gasteiger partial charge in [0.1, 0.15) is 5.69 Å². The number of aliphatic hydroxyl groups excluding tert-OH is 1. The third kappa shape index (κ3) is 4.63. The van der Waals surface area contributed by atoms with Gasteiger partial charge in [0.25, 0.3) is 5.91 Å². The van der Waals surface area contributed by atoms with Crippen LogP contribution in [0.3, 0.4) is 0 Å². The number of rotatable bonds is 6. The molecule has 27 heavy (non-hydrogen) atoms. The molecule has 3 rings (SSSR count). The molecule has 1 amide bonds. The summed E-state index contributed by atoms with van der Waals surface area (Å²) in [6, 6.07) is 16.1. The molecule has 2 N–H and O–H groups in total. The van der Waals surface area contributed by atoms with Crippen LogP contribution in [-0.4, -0.2) is 33.4 Å². The second kappa shape index (κ2) is 8.18. The average molecular weight is 363 g/mol. The van der Waals surface area contributed by atoms with Gasteiger partial charge in [-0.15, -0.1) is 0 Å². The Kier molecular flexibility index (Phi) is 5.72. The topological polar surface area (TPSA) is 67.2 Å². The Morgan fingerprint density at radius 2 is 1.89 bits per heavy atom. The Hall–Kier alpha value is -2.92. The first-order chi connectivity index (χ1) is 12.9. The van der Waals surface area contributed by atoms with Crippen LogP contribution in [0.5, 0.6) is 0 Å². The van der Waals surface area contributed by atoms with Crippen molar-refractivity contribution >= 4 is 5.91 Å². The summed E-state index contributed by atoms with van der Waals surface area (Å²) in [7, 11) is 0. The predicted molar refractivity (Wildman–Crippen MR) is 107 cm³/mol. The molecule has 0 bridgehead atoms. The Balaban J connectivity index is 1.98. The number of carbonyl (C=O) groups is 1. The Morgan fingerprint density at radius 3 is 2.56 bits per heavy atom. The molecule has 5 nitrogen and oxygen atoms in total. The number of aromatic nitrogens is 2. The molecule has 1 aromatic heterocycles. The fourth-order valence-electron chi connectivity index (χ4n) is 2.88. The van der Waals surface area contributed by atoms with E-state index < -0.39 is 6.10 Å². The maximum atomic E-state index is 12.7. The molecular formula is C22H25N3O2. The van der Waals surface area contributed by atoms with Crippen molar-refractivity contribution in [2.75, 3.05) is 6.54 Å². The van der Waals surface area contributed by atoms with Crippen LogP contribution in [0.15, 0.2) is 54.7 Å². The summed E-state index contributed by atoms with van der Waals surface area (Å²) in [5, 5.41) is 16.9. The molecule has 3 aromatic rings. The number of carbonyl (C=O) groups excluding carboxylic acids is 1. The Bertz CT molecular complexity index is 930. The van der Waals surface area contributed by atoms with Gasteiger partial charge in [0.05, 0.1) is 18.2 Å². The number of benzene rings is 2. The van der Waals surface area contributed by atoms with Crippen LogP contribution in [0.25, 0.3) is 11.3 Å². The molecule has 140 valence electrons. The zero-order valence-corrected chi connectivity index (χ0v) is 15.9. The fourth-order valence-corrected chi connectivity index (χ4v) is 2.88. The Labute approximate surface area is 159 Å². The second-order valence-electron chi connectivity index (χ2n) is 6.93. The number of nitrogens with zero attached hydrogens (tertiary/aromatic N) is 2. The zero-order valence-electron chi connectivity index (χ0n) is 15.9. The molecule has 1 unspecified atom stereocenters. The van der Waals surface area contributed by atoms with Crippen molar-refractivity contribution in [1.29, 1.82) is 0 Å². The highest BCUT2D eigenvalue weighted by atomic mass is 16.3. The first-order valence-corrected chi connectivity index (χ1v) is 9.09. The molecule has 1 atom stereocenters. The first-order valence-electron chi connectivity index (χ1n) is 9.09. The third-order valence-corrected chi connectivity index (χ3v) is 4.53. The van der Waals surface area contributed by atoms with Crippen LogP contribution in [0.2, 0.25) is 0 Å². The number of hydrogen-bond acceptors (Lipinski definition) is 3. The molecule has 1 heterocycles. The van der Waals surface area contributed by atoms with Crippen LogP contribution in [0.1, 0.15) is 34.0 Å².